The van der Waals surface area contributed by atoms with Gasteiger partial charge in [-0.05, 0) is 12.5 Å². The van der Waals surface area contributed by atoms with Crippen molar-refractivity contribution in [3.63, 3.8) is 0 Å². The summed E-state index contributed by atoms with van der Waals surface area (Å²) in [5.41, 5.74) is 6.45. The number of hydrogen-bond acceptors (Lipinski definition) is 4. The Kier molecular flexibility index (Phi) is 2.50. The van der Waals surface area contributed by atoms with Crippen molar-refractivity contribution in [2.24, 2.45) is 0 Å². The van der Waals surface area contributed by atoms with Gasteiger partial charge in [0.15, 0.2) is 0 Å². The van der Waals surface area contributed by atoms with Gasteiger partial charge in [-0.1, -0.05) is 0 Å². The molecule has 0 radical (unpaired) electrons. The van der Waals surface area contributed by atoms with E-state index >= 15 is 0 Å². The standard InChI is InChI=1S/C5H9N3S2/c1-9-4-3(6)5(10-2)8-7-4/h6H2,1-2H3,(H,7,8). The number of aromatic nitrogens is 2. The van der Waals surface area contributed by atoms with Crippen LogP contribution in [0.25, 0.3) is 0 Å². The lowest BCUT2D eigenvalue weighted by molar-refractivity contribution is 0.957. The average molecular weight is 175 g/mol. The zero-order chi connectivity index (χ0) is 7.56. The first-order valence-electron chi connectivity index (χ1n) is 2.71. The third kappa shape index (κ3) is 1.24. The maximum atomic E-state index is 5.69. The largest absolute Gasteiger partial charge is 0.394 e. The highest BCUT2D eigenvalue weighted by Gasteiger charge is 2.06. The average Bonchev–Trinajstić information content (AvgIpc) is 2.30. The Morgan fingerprint density at radius 3 is 2.40 bits per heavy atom. The summed E-state index contributed by atoms with van der Waals surface area (Å²) in [6.45, 7) is 0. The number of aromatic amines is 1. The van der Waals surface area contributed by atoms with E-state index in [9.17, 15) is 0 Å². The number of nitrogens with two attached hydrogens (primary N) is 1. The molecule has 1 aromatic rings. The van der Waals surface area contributed by atoms with Crippen LogP contribution in [0.5, 0.6) is 0 Å². The Balaban J connectivity index is 2.97. The Hall–Kier alpha value is -0.290. The molecular weight excluding hydrogens is 166 g/mol. The van der Waals surface area contributed by atoms with E-state index in [1.807, 2.05) is 12.5 Å². The molecule has 0 atom stereocenters. The quantitative estimate of drug-likeness (QED) is 0.668. The van der Waals surface area contributed by atoms with E-state index < -0.39 is 0 Å². The molecule has 0 unspecified atom stereocenters. The van der Waals surface area contributed by atoms with Crippen LogP contribution >= 0.6 is 23.5 Å². The minimum Gasteiger partial charge on any atom is -0.394 e. The summed E-state index contributed by atoms with van der Waals surface area (Å²) in [5, 5.41) is 8.67. The molecule has 1 aromatic heterocycles. The SMILES string of the molecule is CSc1n[nH]c(SC)c1N. The van der Waals surface area contributed by atoms with Gasteiger partial charge in [0.2, 0.25) is 0 Å². The van der Waals surface area contributed by atoms with E-state index in [2.05, 4.69) is 10.2 Å². The first kappa shape index (κ1) is 7.81. The lowest BCUT2D eigenvalue weighted by Crippen LogP contribution is -1.85. The molecule has 1 rings (SSSR count). The van der Waals surface area contributed by atoms with Gasteiger partial charge >= 0.3 is 0 Å². The van der Waals surface area contributed by atoms with E-state index in [-0.39, 0.29) is 0 Å². The lowest BCUT2D eigenvalue weighted by Gasteiger charge is -1.91. The van der Waals surface area contributed by atoms with Gasteiger partial charge in [-0.2, -0.15) is 5.10 Å². The molecule has 0 aliphatic carbocycles. The monoisotopic (exact) mass is 175 g/mol. The summed E-state index contributed by atoms with van der Waals surface area (Å²) in [5.74, 6) is 0. The number of thioether (sulfide) groups is 2. The zero-order valence-corrected chi connectivity index (χ0v) is 7.47. The lowest BCUT2D eigenvalue weighted by atomic mass is 10.6. The van der Waals surface area contributed by atoms with E-state index in [0.717, 1.165) is 15.7 Å². The number of rotatable bonds is 2. The smallest absolute Gasteiger partial charge is 0.142 e. The number of nitrogens with one attached hydrogen (secondary N) is 1. The van der Waals surface area contributed by atoms with E-state index in [1.54, 1.807) is 23.5 Å². The normalized spacial score (nSPS) is 10.2. The van der Waals surface area contributed by atoms with Gasteiger partial charge < -0.3 is 5.73 Å². The van der Waals surface area contributed by atoms with Gasteiger partial charge in [-0.15, -0.1) is 23.5 Å². The van der Waals surface area contributed by atoms with E-state index in [4.69, 9.17) is 5.73 Å². The molecule has 3 nitrogen and oxygen atoms in total. The van der Waals surface area contributed by atoms with Gasteiger partial charge in [0.05, 0.1) is 5.69 Å². The Bertz CT molecular complexity index is 199. The van der Waals surface area contributed by atoms with Crippen LogP contribution in [0.2, 0.25) is 0 Å². The highest BCUT2D eigenvalue weighted by atomic mass is 32.2. The fourth-order valence-electron chi connectivity index (χ4n) is 0.630. The second-order valence-corrected chi connectivity index (χ2v) is 3.29. The van der Waals surface area contributed by atoms with Gasteiger partial charge in [0.1, 0.15) is 10.1 Å². The molecule has 0 amide bonds. The highest BCUT2D eigenvalue weighted by Crippen LogP contribution is 2.28. The van der Waals surface area contributed by atoms with E-state index in [1.165, 1.54) is 0 Å². The summed E-state index contributed by atoms with van der Waals surface area (Å²) in [4.78, 5) is 0. The first-order valence-corrected chi connectivity index (χ1v) is 5.16. The fraction of sp³-hybridized carbons (Fsp3) is 0.400. The molecule has 1 heterocycles. The van der Waals surface area contributed by atoms with Gasteiger partial charge in [-0.25, -0.2) is 0 Å². The predicted octanol–water partition coefficient (Wildman–Crippen LogP) is 1.44. The number of hydrogen-bond donors (Lipinski definition) is 2. The topological polar surface area (TPSA) is 54.7 Å². The molecule has 0 aromatic carbocycles. The molecule has 56 valence electrons. The van der Waals surface area contributed by atoms with Crippen LogP contribution in [0, 0.1) is 0 Å². The van der Waals surface area contributed by atoms with Crippen molar-refractivity contribution in [3.05, 3.63) is 0 Å². The molecule has 0 aliphatic rings. The van der Waals surface area contributed by atoms with Crippen molar-refractivity contribution in [2.75, 3.05) is 18.2 Å². The Morgan fingerprint density at radius 2 is 2.10 bits per heavy atom. The molecule has 3 N–H and O–H groups in total. The maximum Gasteiger partial charge on any atom is 0.142 e. The number of anilines is 1. The number of nitrogens with zero attached hydrogens (tertiary/aromatic N) is 1. The predicted molar refractivity (Wildman–Crippen MR) is 46.6 cm³/mol. The fourth-order valence-corrected chi connectivity index (χ4v) is 1.61. The minimum atomic E-state index is 0.764. The van der Waals surface area contributed by atoms with Crippen LogP contribution in [0.4, 0.5) is 5.69 Å². The van der Waals surface area contributed by atoms with Crippen LogP contribution in [0.15, 0.2) is 10.1 Å². The molecule has 0 saturated carbocycles. The second kappa shape index (κ2) is 3.21. The van der Waals surface area contributed by atoms with Crippen LogP contribution < -0.4 is 5.73 Å². The molecule has 0 bridgehead atoms. The molecule has 0 aliphatic heterocycles. The summed E-state index contributed by atoms with van der Waals surface area (Å²) < 4.78 is 0. The van der Waals surface area contributed by atoms with Crippen molar-refractivity contribution >= 4 is 29.2 Å². The second-order valence-electron chi connectivity index (χ2n) is 1.68. The summed E-state index contributed by atoms with van der Waals surface area (Å²) in [7, 11) is 0. The number of H-pyrrole nitrogens is 1. The van der Waals surface area contributed by atoms with Crippen LogP contribution in [0.1, 0.15) is 0 Å². The Morgan fingerprint density at radius 1 is 1.40 bits per heavy atom. The third-order valence-electron chi connectivity index (χ3n) is 1.13. The summed E-state index contributed by atoms with van der Waals surface area (Å²) in [6, 6.07) is 0. The third-order valence-corrected chi connectivity index (χ3v) is 2.55. The molecule has 10 heavy (non-hydrogen) atoms. The van der Waals surface area contributed by atoms with Crippen molar-refractivity contribution in [2.45, 2.75) is 10.1 Å². The van der Waals surface area contributed by atoms with Crippen molar-refractivity contribution in [1.82, 2.24) is 10.2 Å². The summed E-state index contributed by atoms with van der Waals surface area (Å²) >= 11 is 3.13. The number of nitrogen functional groups attached to an aromatic ring is 1. The molecule has 0 spiro atoms. The molecule has 0 fully saturated rings. The highest BCUT2D eigenvalue weighted by molar-refractivity contribution is 7.99. The van der Waals surface area contributed by atoms with E-state index in [0.29, 0.717) is 0 Å². The van der Waals surface area contributed by atoms with Crippen molar-refractivity contribution in [1.29, 1.82) is 0 Å². The minimum absolute atomic E-state index is 0.764. The molecule has 0 saturated heterocycles. The van der Waals surface area contributed by atoms with Crippen LogP contribution in [0.3, 0.4) is 0 Å². The Labute approximate surface area is 68.1 Å². The van der Waals surface area contributed by atoms with Crippen LogP contribution in [-0.4, -0.2) is 22.7 Å². The van der Waals surface area contributed by atoms with Crippen molar-refractivity contribution < 1.29 is 0 Å². The summed E-state index contributed by atoms with van der Waals surface area (Å²) in [6.07, 6.45) is 3.92. The maximum absolute atomic E-state index is 5.69. The van der Waals surface area contributed by atoms with Gasteiger partial charge in [0, 0.05) is 0 Å². The zero-order valence-electron chi connectivity index (χ0n) is 5.84. The molecular formula is C5H9N3S2. The first-order chi connectivity index (χ1) is 4.79. The van der Waals surface area contributed by atoms with Crippen molar-refractivity contribution in [3.8, 4) is 0 Å². The van der Waals surface area contributed by atoms with Gasteiger partial charge in [-0.3, -0.25) is 5.10 Å². The van der Waals surface area contributed by atoms with Crippen LogP contribution in [-0.2, 0) is 0 Å². The molecule has 5 heteroatoms. The van der Waals surface area contributed by atoms with Gasteiger partial charge in [0.25, 0.3) is 0 Å².